The molecule has 162 valence electrons. The second-order valence-corrected chi connectivity index (χ2v) is 9.14. The molecule has 0 atom stereocenters. The molecule has 0 aromatic carbocycles. The van der Waals surface area contributed by atoms with Gasteiger partial charge in [0.15, 0.2) is 0 Å². The van der Waals surface area contributed by atoms with Crippen molar-refractivity contribution in [1.29, 1.82) is 0 Å². The zero-order chi connectivity index (χ0) is 22.0. The van der Waals surface area contributed by atoms with Crippen LogP contribution in [0.3, 0.4) is 0 Å². The molecule has 8 nitrogen and oxygen atoms in total. The number of aromatic amines is 1. The number of pyridine rings is 1. The third-order valence-corrected chi connectivity index (χ3v) is 5.78. The van der Waals surface area contributed by atoms with Crippen LogP contribution in [-0.2, 0) is 5.41 Å². The molecule has 2 N–H and O–H groups in total. The molecular weight excluding hydrogens is 392 g/mol. The SMILES string of the molecule is CC(C)(C)c1cc(C(=O)NC2CCC(n3nc(-c4cccnc4)ccc3=O)CC2)n[nH]1. The van der Waals surface area contributed by atoms with Crippen molar-refractivity contribution >= 4 is 5.91 Å². The molecule has 1 fully saturated rings. The summed E-state index contributed by atoms with van der Waals surface area (Å²) in [6, 6.07) is 8.98. The minimum absolute atomic E-state index is 0.0233. The second-order valence-electron chi connectivity index (χ2n) is 9.14. The van der Waals surface area contributed by atoms with E-state index in [1.807, 2.05) is 18.2 Å². The number of aromatic nitrogens is 5. The van der Waals surface area contributed by atoms with Gasteiger partial charge in [-0.15, -0.1) is 0 Å². The van der Waals surface area contributed by atoms with E-state index in [0.29, 0.717) is 5.69 Å². The Labute approximate surface area is 181 Å². The maximum absolute atomic E-state index is 12.6. The first kappa shape index (κ1) is 21.0. The summed E-state index contributed by atoms with van der Waals surface area (Å²) in [6.45, 7) is 6.22. The van der Waals surface area contributed by atoms with Crippen molar-refractivity contribution in [2.45, 2.75) is 64.0 Å². The fraction of sp³-hybridized carbons (Fsp3) is 0.435. The van der Waals surface area contributed by atoms with Gasteiger partial charge in [0.2, 0.25) is 0 Å². The van der Waals surface area contributed by atoms with E-state index in [9.17, 15) is 9.59 Å². The molecule has 3 aromatic heterocycles. The molecule has 31 heavy (non-hydrogen) atoms. The molecule has 0 bridgehead atoms. The topological polar surface area (TPSA) is 106 Å². The van der Waals surface area contributed by atoms with Gasteiger partial charge in [0.1, 0.15) is 5.69 Å². The van der Waals surface area contributed by atoms with Crippen LogP contribution in [0.15, 0.2) is 47.5 Å². The molecule has 0 saturated heterocycles. The Balaban J connectivity index is 1.39. The summed E-state index contributed by atoms with van der Waals surface area (Å²) in [5.41, 5.74) is 2.76. The zero-order valence-electron chi connectivity index (χ0n) is 18.1. The quantitative estimate of drug-likeness (QED) is 0.674. The monoisotopic (exact) mass is 420 g/mol. The van der Waals surface area contributed by atoms with Crippen molar-refractivity contribution in [2.75, 3.05) is 0 Å². The maximum atomic E-state index is 12.6. The average Bonchev–Trinajstić information content (AvgIpc) is 3.27. The molecular formula is C23H28N6O2. The van der Waals surface area contributed by atoms with Crippen LogP contribution in [0.2, 0.25) is 0 Å². The Kier molecular flexibility index (Phi) is 5.71. The Morgan fingerprint density at radius 2 is 1.94 bits per heavy atom. The molecule has 1 aliphatic carbocycles. The molecule has 0 spiro atoms. The zero-order valence-corrected chi connectivity index (χ0v) is 18.1. The van der Waals surface area contributed by atoms with Gasteiger partial charge in [-0.25, -0.2) is 4.68 Å². The fourth-order valence-electron chi connectivity index (χ4n) is 3.90. The summed E-state index contributed by atoms with van der Waals surface area (Å²) >= 11 is 0. The molecule has 1 amide bonds. The Morgan fingerprint density at radius 1 is 1.16 bits per heavy atom. The van der Waals surface area contributed by atoms with Crippen molar-refractivity contribution in [3.8, 4) is 11.3 Å². The van der Waals surface area contributed by atoms with E-state index in [2.05, 4.69) is 46.4 Å². The van der Waals surface area contributed by atoms with Crippen molar-refractivity contribution in [3.63, 3.8) is 0 Å². The van der Waals surface area contributed by atoms with E-state index in [-0.39, 0.29) is 29.0 Å². The van der Waals surface area contributed by atoms with Gasteiger partial charge < -0.3 is 5.32 Å². The van der Waals surface area contributed by atoms with E-state index in [0.717, 1.165) is 42.6 Å². The average molecular weight is 421 g/mol. The first-order chi connectivity index (χ1) is 14.8. The largest absolute Gasteiger partial charge is 0.348 e. The van der Waals surface area contributed by atoms with Gasteiger partial charge >= 0.3 is 0 Å². The van der Waals surface area contributed by atoms with E-state index in [4.69, 9.17) is 0 Å². The van der Waals surface area contributed by atoms with E-state index in [1.165, 1.54) is 0 Å². The van der Waals surface area contributed by atoms with Crippen molar-refractivity contribution in [1.82, 2.24) is 30.3 Å². The molecule has 1 aliphatic rings. The first-order valence-electron chi connectivity index (χ1n) is 10.7. The normalized spacial score (nSPS) is 19.2. The van der Waals surface area contributed by atoms with E-state index < -0.39 is 0 Å². The van der Waals surface area contributed by atoms with Gasteiger partial charge in [-0.3, -0.25) is 19.7 Å². The number of carbonyl (C=O) groups is 1. The Hall–Kier alpha value is -3.29. The van der Waals surface area contributed by atoms with Crippen molar-refractivity contribution < 1.29 is 4.79 Å². The molecule has 0 unspecified atom stereocenters. The summed E-state index contributed by atoms with van der Waals surface area (Å²) in [5.74, 6) is -0.163. The number of hydrogen-bond donors (Lipinski definition) is 2. The number of nitrogens with zero attached hydrogens (tertiary/aromatic N) is 4. The second kappa shape index (κ2) is 8.45. The van der Waals surface area contributed by atoms with Crippen LogP contribution in [0.4, 0.5) is 0 Å². The highest BCUT2D eigenvalue weighted by Crippen LogP contribution is 2.28. The lowest BCUT2D eigenvalue weighted by atomic mass is 9.91. The predicted octanol–water partition coefficient (Wildman–Crippen LogP) is 3.24. The van der Waals surface area contributed by atoms with Gasteiger partial charge in [-0.2, -0.15) is 10.2 Å². The van der Waals surface area contributed by atoms with Gasteiger partial charge in [-0.05, 0) is 49.9 Å². The summed E-state index contributed by atoms with van der Waals surface area (Å²) in [6.07, 6.45) is 6.59. The van der Waals surface area contributed by atoms with Crippen LogP contribution in [0.5, 0.6) is 0 Å². The number of H-pyrrole nitrogens is 1. The van der Waals surface area contributed by atoms with Gasteiger partial charge in [0, 0.05) is 41.2 Å². The lowest BCUT2D eigenvalue weighted by Gasteiger charge is -2.29. The highest BCUT2D eigenvalue weighted by atomic mass is 16.2. The third kappa shape index (κ3) is 4.73. The molecule has 3 heterocycles. The fourth-order valence-corrected chi connectivity index (χ4v) is 3.90. The Morgan fingerprint density at radius 3 is 2.58 bits per heavy atom. The van der Waals surface area contributed by atoms with Crippen LogP contribution in [-0.4, -0.2) is 36.9 Å². The molecule has 0 aliphatic heterocycles. The summed E-state index contributed by atoms with van der Waals surface area (Å²) in [5, 5.41) is 14.8. The van der Waals surface area contributed by atoms with Crippen molar-refractivity contribution in [2.24, 2.45) is 0 Å². The van der Waals surface area contributed by atoms with Crippen molar-refractivity contribution in [3.05, 3.63) is 64.5 Å². The summed E-state index contributed by atoms with van der Waals surface area (Å²) in [4.78, 5) is 29.2. The predicted molar refractivity (Wildman–Crippen MR) is 118 cm³/mol. The maximum Gasteiger partial charge on any atom is 0.271 e. The lowest BCUT2D eigenvalue weighted by molar-refractivity contribution is 0.0916. The number of amides is 1. The lowest BCUT2D eigenvalue weighted by Crippen LogP contribution is -2.39. The highest BCUT2D eigenvalue weighted by Gasteiger charge is 2.26. The van der Waals surface area contributed by atoms with Gasteiger partial charge in [-0.1, -0.05) is 20.8 Å². The van der Waals surface area contributed by atoms with E-state index in [1.54, 1.807) is 29.2 Å². The van der Waals surface area contributed by atoms with Gasteiger partial charge in [0.05, 0.1) is 11.7 Å². The van der Waals surface area contributed by atoms with Crippen LogP contribution in [0, 0.1) is 0 Å². The molecule has 1 saturated carbocycles. The van der Waals surface area contributed by atoms with Crippen LogP contribution in [0.25, 0.3) is 11.3 Å². The van der Waals surface area contributed by atoms with Crippen LogP contribution in [0.1, 0.15) is 68.7 Å². The highest BCUT2D eigenvalue weighted by molar-refractivity contribution is 5.92. The number of carbonyl (C=O) groups excluding carboxylic acids is 1. The minimum atomic E-state index is -0.163. The number of rotatable bonds is 4. The molecule has 8 heteroatoms. The molecule has 3 aromatic rings. The first-order valence-corrected chi connectivity index (χ1v) is 10.7. The third-order valence-electron chi connectivity index (χ3n) is 5.78. The van der Waals surface area contributed by atoms with Crippen LogP contribution >= 0.6 is 0 Å². The van der Waals surface area contributed by atoms with Gasteiger partial charge in [0.25, 0.3) is 11.5 Å². The van der Waals surface area contributed by atoms with Crippen LogP contribution < -0.4 is 10.9 Å². The Bertz CT molecular complexity index is 1100. The molecule has 0 radical (unpaired) electrons. The standard InChI is InChI=1S/C23H28N6O2/c1-23(2,3)20-13-19(26-27-20)22(31)25-16-6-8-17(9-7-16)29-21(30)11-10-18(28-29)15-5-4-12-24-14-15/h4-5,10-14,16-17H,6-9H2,1-3H3,(H,25,31)(H,26,27). The minimum Gasteiger partial charge on any atom is -0.348 e. The summed E-state index contributed by atoms with van der Waals surface area (Å²) < 4.78 is 1.59. The van der Waals surface area contributed by atoms with E-state index >= 15 is 0 Å². The number of hydrogen-bond acceptors (Lipinski definition) is 5. The molecule has 4 rings (SSSR count). The number of nitrogens with one attached hydrogen (secondary N) is 2. The smallest absolute Gasteiger partial charge is 0.271 e. The summed E-state index contributed by atoms with van der Waals surface area (Å²) in [7, 11) is 0.